The summed E-state index contributed by atoms with van der Waals surface area (Å²) in [6.45, 7) is 0.443. The van der Waals surface area contributed by atoms with Crippen LogP contribution in [0.15, 0.2) is 16.7 Å². The van der Waals surface area contributed by atoms with Gasteiger partial charge in [-0.15, -0.1) is 5.10 Å². The third-order valence-corrected chi connectivity index (χ3v) is 7.27. The Labute approximate surface area is 209 Å². The Hall–Kier alpha value is -3.50. The molecular formula is C25H31N7O4. The van der Waals surface area contributed by atoms with E-state index in [0.29, 0.717) is 42.3 Å². The molecule has 190 valence electrons. The van der Waals surface area contributed by atoms with Gasteiger partial charge in [0.2, 0.25) is 5.89 Å². The number of hydrogen-bond donors (Lipinski definition) is 1. The fourth-order valence-corrected chi connectivity index (χ4v) is 4.90. The van der Waals surface area contributed by atoms with E-state index in [1.165, 1.54) is 7.11 Å². The molecule has 3 aliphatic rings. The van der Waals surface area contributed by atoms with Gasteiger partial charge in [0, 0.05) is 18.9 Å². The van der Waals surface area contributed by atoms with E-state index in [0.717, 1.165) is 67.8 Å². The Balaban J connectivity index is 1.19. The van der Waals surface area contributed by atoms with Crippen LogP contribution in [0.3, 0.4) is 0 Å². The zero-order valence-electron chi connectivity index (χ0n) is 20.6. The first-order valence-electron chi connectivity index (χ1n) is 12.8. The van der Waals surface area contributed by atoms with E-state index in [1.54, 1.807) is 4.68 Å². The van der Waals surface area contributed by atoms with E-state index >= 15 is 0 Å². The van der Waals surface area contributed by atoms with Gasteiger partial charge in [-0.05, 0) is 68.7 Å². The summed E-state index contributed by atoms with van der Waals surface area (Å²) < 4.78 is 18.5. The van der Waals surface area contributed by atoms with E-state index in [-0.39, 0.29) is 18.0 Å². The van der Waals surface area contributed by atoms with Crippen molar-refractivity contribution in [3.63, 3.8) is 0 Å². The lowest BCUT2D eigenvalue weighted by Crippen LogP contribution is -2.30. The molecule has 36 heavy (non-hydrogen) atoms. The minimum Gasteiger partial charge on any atom is -0.488 e. The van der Waals surface area contributed by atoms with Crippen molar-refractivity contribution in [2.45, 2.75) is 75.9 Å². The monoisotopic (exact) mass is 493 g/mol. The molecule has 0 amide bonds. The Morgan fingerprint density at radius 1 is 1.14 bits per heavy atom. The van der Waals surface area contributed by atoms with Crippen LogP contribution in [0.2, 0.25) is 0 Å². The molecule has 0 aromatic carbocycles. The van der Waals surface area contributed by atoms with Crippen LogP contribution in [0.25, 0.3) is 11.4 Å². The van der Waals surface area contributed by atoms with Crippen molar-refractivity contribution in [2.24, 2.45) is 13.0 Å². The molecule has 3 aliphatic carbocycles. The number of aromatic nitrogens is 6. The smallest absolute Gasteiger partial charge is 0.308 e. The van der Waals surface area contributed by atoms with Crippen molar-refractivity contribution in [1.29, 1.82) is 0 Å². The molecule has 0 bridgehead atoms. The molecule has 3 aromatic heterocycles. The van der Waals surface area contributed by atoms with Crippen molar-refractivity contribution in [3.05, 3.63) is 29.4 Å². The first-order valence-corrected chi connectivity index (χ1v) is 12.8. The van der Waals surface area contributed by atoms with Gasteiger partial charge in [-0.3, -0.25) is 4.79 Å². The molecule has 3 aromatic rings. The molecule has 6 rings (SSSR count). The zero-order chi connectivity index (χ0) is 24.6. The maximum Gasteiger partial charge on any atom is 0.308 e. The van der Waals surface area contributed by atoms with Gasteiger partial charge in [0.05, 0.1) is 42.8 Å². The summed E-state index contributed by atoms with van der Waals surface area (Å²) in [5.41, 5.74) is 3.32. The average molecular weight is 494 g/mol. The number of methoxy groups -OCH3 is 1. The summed E-state index contributed by atoms with van der Waals surface area (Å²) in [5, 5.41) is 15.9. The highest BCUT2D eigenvalue weighted by Gasteiger charge is 2.33. The van der Waals surface area contributed by atoms with Crippen LogP contribution in [-0.4, -0.2) is 49.3 Å². The number of anilines is 1. The maximum atomic E-state index is 12.0. The standard InChI is InChI=1S/C25H31N7O4/c1-32-19(13-26-25-28-23(36-30-25)15-8-9-15)22(29-31-32)18-10-11-20(21(27-18)14-6-7-14)35-17-5-3-4-16(12-17)24(33)34-2/h10-11,14-17H,3-9,12-13H2,1-2H3,(H,26,30)/t16-,17-/m0/s1. The van der Waals surface area contributed by atoms with E-state index in [9.17, 15) is 4.79 Å². The number of carbonyl (C=O) groups is 1. The summed E-state index contributed by atoms with van der Waals surface area (Å²) in [5.74, 6) is 2.53. The number of esters is 1. The maximum absolute atomic E-state index is 12.0. The largest absolute Gasteiger partial charge is 0.488 e. The number of nitrogens with one attached hydrogen (secondary N) is 1. The quantitative estimate of drug-likeness (QED) is 0.440. The fourth-order valence-electron chi connectivity index (χ4n) is 4.90. The molecule has 11 heteroatoms. The molecule has 0 saturated heterocycles. The van der Waals surface area contributed by atoms with Crippen LogP contribution in [0.1, 0.15) is 80.5 Å². The SMILES string of the molecule is COC(=O)[C@H]1CCC[C@H](Oc2ccc(-c3nnn(C)c3CNc3noc(C4CC4)n3)nc2C2CC2)C1. The summed E-state index contributed by atoms with van der Waals surface area (Å²) in [7, 11) is 3.31. The molecule has 3 saturated carbocycles. The van der Waals surface area contributed by atoms with Crippen LogP contribution in [-0.2, 0) is 23.1 Å². The van der Waals surface area contributed by atoms with Gasteiger partial charge in [-0.2, -0.15) is 4.98 Å². The molecule has 0 aliphatic heterocycles. The predicted octanol–water partition coefficient (Wildman–Crippen LogP) is 3.74. The second kappa shape index (κ2) is 9.51. The lowest BCUT2D eigenvalue weighted by Gasteiger charge is -2.28. The predicted molar refractivity (Wildman–Crippen MR) is 128 cm³/mol. The first kappa shape index (κ1) is 22.9. The molecule has 11 nitrogen and oxygen atoms in total. The minimum atomic E-state index is -0.146. The van der Waals surface area contributed by atoms with Crippen molar-refractivity contribution < 1.29 is 18.8 Å². The minimum absolute atomic E-state index is 0.0141. The Morgan fingerprint density at radius 2 is 1.97 bits per heavy atom. The number of pyridine rings is 1. The van der Waals surface area contributed by atoms with Crippen molar-refractivity contribution in [1.82, 2.24) is 30.1 Å². The molecule has 0 radical (unpaired) electrons. The van der Waals surface area contributed by atoms with Gasteiger partial charge in [0.1, 0.15) is 11.4 Å². The summed E-state index contributed by atoms with van der Waals surface area (Å²) >= 11 is 0. The van der Waals surface area contributed by atoms with Gasteiger partial charge in [0.25, 0.3) is 5.95 Å². The highest BCUT2D eigenvalue weighted by molar-refractivity contribution is 5.72. The van der Waals surface area contributed by atoms with Gasteiger partial charge < -0.3 is 19.3 Å². The van der Waals surface area contributed by atoms with Crippen LogP contribution in [0.5, 0.6) is 5.75 Å². The van der Waals surface area contributed by atoms with E-state index in [2.05, 4.69) is 25.8 Å². The van der Waals surface area contributed by atoms with Crippen molar-refractivity contribution in [2.75, 3.05) is 12.4 Å². The summed E-state index contributed by atoms with van der Waals surface area (Å²) in [4.78, 5) is 21.5. The number of ether oxygens (including phenoxy) is 2. The topological polar surface area (TPSA) is 130 Å². The van der Waals surface area contributed by atoms with Gasteiger partial charge in [-0.1, -0.05) is 5.21 Å². The van der Waals surface area contributed by atoms with E-state index in [4.69, 9.17) is 19.0 Å². The lowest BCUT2D eigenvalue weighted by molar-refractivity contribution is -0.147. The third kappa shape index (κ3) is 4.78. The molecule has 3 fully saturated rings. The van der Waals surface area contributed by atoms with E-state index < -0.39 is 0 Å². The van der Waals surface area contributed by atoms with Crippen LogP contribution < -0.4 is 10.1 Å². The fraction of sp³-hybridized carbons (Fsp3) is 0.600. The molecule has 0 unspecified atom stereocenters. The van der Waals surface area contributed by atoms with Crippen molar-refractivity contribution in [3.8, 4) is 17.1 Å². The second-order valence-corrected chi connectivity index (χ2v) is 10.1. The summed E-state index contributed by atoms with van der Waals surface area (Å²) in [6.07, 6.45) is 7.81. The normalized spacial score (nSPS) is 21.8. The van der Waals surface area contributed by atoms with Crippen molar-refractivity contribution >= 4 is 11.9 Å². The molecule has 2 atom stereocenters. The molecular weight excluding hydrogens is 462 g/mol. The third-order valence-electron chi connectivity index (χ3n) is 7.27. The van der Waals surface area contributed by atoms with Crippen LogP contribution in [0.4, 0.5) is 5.95 Å². The highest BCUT2D eigenvalue weighted by Crippen LogP contribution is 2.45. The molecule has 3 heterocycles. The molecule has 0 spiro atoms. The number of aryl methyl sites for hydroxylation is 1. The lowest BCUT2D eigenvalue weighted by atomic mass is 9.87. The Kier molecular flexibility index (Phi) is 6.06. The first-order chi connectivity index (χ1) is 17.6. The number of rotatable bonds is 9. The molecule has 1 N–H and O–H groups in total. The van der Waals surface area contributed by atoms with Crippen LogP contribution >= 0.6 is 0 Å². The Morgan fingerprint density at radius 3 is 2.75 bits per heavy atom. The van der Waals surface area contributed by atoms with Gasteiger partial charge in [0.15, 0.2) is 0 Å². The zero-order valence-corrected chi connectivity index (χ0v) is 20.6. The average Bonchev–Trinajstić information content (AvgIpc) is 3.84. The Bertz CT molecular complexity index is 1250. The van der Waals surface area contributed by atoms with Gasteiger partial charge >= 0.3 is 5.97 Å². The van der Waals surface area contributed by atoms with Gasteiger partial charge in [-0.25, -0.2) is 9.67 Å². The highest BCUT2D eigenvalue weighted by atomic mass is 16.5. The van der Waals surface area contributed by atoms with E-state index in [1.807, 2.05) is 19.2 Å². The number of hydrogen-bond acceptors (Lipinski definition) is 10. The number of nitrogens with zero attached hydrogens (tertiary/aromatic N) is 6. The summed E-state index contributed by atoms with van der Waals surface area (Å²) in [6, 6.07) is 3.93. The van der Waals surface area contributed by atoms with Crippen LogP contribution in [0, 0.1) is 5.92 Å². The second-order valence-electron chi connectivity index (χ2n) is 10.1. The number of carbonyl (C=O) groups excluding carboxylic acids is 1.